The summed E-state index contributed by atoms with van der Waals surface area (Å²) in [5.74, 6) is 0. The molecular formula is C11H11IN2. The highest BCUT2D eigenvalue weighted by atomic mass is 127. The Morgan fingerprint density at radius 2 is 2.29 bits per heavy atom. The molecule has 1 aliphatic rings. The first-order valence-electron chi connectivity index (χ1n) is 4.71. The summed E-state index contributed by atoms with van der Waals surface area (Å²) in [4.78, 5) is 0. The predicted molar refractivity (Wildman–Crippen MR) is 63.7 cm³/mol. The fraction of sp³-hybridized carbons (Fsp3) is 0.364. The van der Waals surface area contributed by atoms with Crippen LogP contribution in [-0.4, -0.2) is 0 Å². The van der Waals surface area contributed by atoms with Crippen molar-refractivity contribution >= 4 is 22.6 Å². The van der Waals surface area contributed by atoms with Crippen molar-refractivity contribution in [2.75, 3.05) is 0 Å². The Morgan fingerprint density at radius 1 is 1.50 bits per heavy atom. The van der Waals surface area contributed by atoms with Crippen molar-refractivity contribution in [2.24, 2.45) is 5.73 Å². The molecule has 1 atom stereocenters. The summed E-state index contributed by atoms with van der Waals surface area (Å²) in [6.07, 6.45) is 3.14. The maximum Gasteiger partial charge on any atom is 0.101 e. The van der Waals surface area contributed by atoms with Crippen LogP contribution in [0.1, 0.15) is 35.6 Å². The summed E-state index contributed by atoms with van der Waals surface area (Å²) in [7, 11) is 0. The van der Waals surface area contributed by atoms with Gasteiger partial charge < -0.3 is 5.73 Å². The van der Waals surface area contributed by atoms with Crippen molar-refractivity contribution in [3.63, 3.8) is 0 Å². The number of nitrogens with zero attached hydrogens (tertiary/aromatic N) is 1. The fourth-order valence-corrected chi connectivity index (χ4v) is 2.65. The third-order valence-electron chi connectivity index (χ3n) is 2.75. The van der Waals surface area contributed by atoms with E-state index in [-0.39, 0.29) is 6.04 Å². The van der Waals surface area contributed by atoms with Crippen molar-refractivity contribution in [3.8, 4) is 6.07 Å². The molecule has 0 saturated carbocycles. The molecule has 1 aromatic carbocycles. The van der Waals surface area contributed by atoms with E-state index in [1.807, 2.05) is 6.07 Å². The summed E-state index contributed by atoms with van der Waals surface area (Å²) in [6.45, 7) is 0. The second kappa shape index (κ2) is 3.87. The number of nitriles is 1. The molecule has 0 fully saturated rings. The van der Waals surface area contributed by atoms with Gasteiger partial charge in [0.1, 0.15) is 6.07 Å². The normalized spacial score (nSPS) is 19.9. The Morgan fingerprint density at radius 3 is 3.00 bits per heavy atom. The Bertz CT molecular complexity index is 406. The van der Waals surface area contributed by atoms with E-state index in [2.05, 4.69) is 34.7 Å². The van der Waals surface area contributed by atoms with Gasteiger partial charge in [0.15, 0.2) is 0 Å². The molecule has 0 spiro atoms. The molecule has 0 unspecified atom stereocenters. The van der Waals surface area contributed by atoms with Crippen molar-refractivity contribution in [2.45, 2.75) is 25.3 Å². The average molecular weight is 298 g/mol. The molecule has 0 radical (unpaired) electrons. The van der Waals surface area contributed by atoms with E-state index in [1.165, 1.54) is 11.1 Å². The van der Waals surface area contributed by atoms with Crippen molar-refractivity contribution in [1.82, 2.24) is 0 Å². The molecule has 0 saturated heterocycles. The third kappa shape index (κ3) is 1.53. The largest absolute Gasteiger partial charge is 0.324 e. The van der Waals surface area contributed by atoms with Gasteiger partial charge in [0, 0.05) is 9.61 Å². The minimum Gasteiger partial charge on any atom is -0.324 e. The van der Waals surface area contributed by atoms with Crippen LogP contribution in [0.3, 0.4) is 0 Å². The minimum absolute atomic E-state index is 0.128. The molecule has 3 heteroatoms. The van der Waals surface area contributed by atoms with Crippen LogP contribution in [0.15, 0.2) is 12.1 Å². The highest BCUT2D eigenvalue weighted by Gasteiger charge is 2.20. The van der Waals surface area contributed by atoms with E-state index in [9.17, 15) is 0 Å². The fourth-order valence-electron chi connectivity index (χ4n) is 2.03. The maximum atomic E-state index is 9.07. The van der Waals surface area contributed by atoms with Gasteiger partial charge in [0.25, 0.3) is 0 Å². The molecule has 1 aromatic rings. The zero-order valence-corrected chi connectivity index (χ0v) is 9.91. The van der Waals surface area contributed by atoms with Gasteiger partial charge >= 0.3 is 0 Å². The van der Waals surface area contributed by atoms with Crippen LogP contribution in [0.25, 0.3) is 0 Å². The van der Waals surface area contributed by atoms with Crippen LogP contribution in [0.4, 0.5) is 0 Å². The number of rotatable bonds is 0. The van der Waals surface area contributed by atoms with Gasteiger partial charge in [-0.05, 0) is 59.0 Å². The van der Waals surface area contributed by atoms with Gasteiger partial charge in [-0.15, -0.1) is 0 Å². The molecule has 1 aliphatic carbocycles. The smallest absolute Gasteiger partial charge is 0.101 e. The zero-order chi connectivity index (χ0) is 10.1. The molecule has 0 bridgehead atoms. The van der Waals surface area contributed by atoms with Gasteiger partial charge in [-0.3, -0.25) is 0 Å². The molecule has 2 N–H and O–H groups in total. The van der Waals surface area contributed by atoms with Crippen LogP contribution in [0.5, 0.6) is 0 Å². The Kier molecular flexibility index (Phi) is 2.75. The summed E-state index contributed by atoms with van der Waals surface area (Å²) in [5.41, 5.74) is 9.19. The molecule has 2 rings (SSSR count). The van der Waals surface area contributed by atoms with Crippen molar-refractivity contribution in [1.29, 1.82) is 5.26 Å². The number of halogens is 1. The van der Waals surface area contributed by atoms with Crippen molar-refractivity contribution in [3.05, 3.63) is 32.4 Å². The monoisotopic (exact) mass is 298 g/mol. The second-order valence-electron chi connectivity index (χ2n) is 3.60. The lowest BCUT2D eigenvalue weighted by Crippen LogP contribution is -2.18. The SMILES string of the molecule is N#Cc1c(I)ccc2c1CCC[C@@H]2N. The molecule has 14 heavy (non-hydrogen) atoms. The topological polar surface area (TPSA) is 49.8 Å². The van der Waals surface area contributed by atoms with E-state index in [4.69, 9.17) is 11.0 Å². The standard InChI is InChI=1S/C11H11IN2/c12-10-5-4-8-7(9(10)6-13)2-1-3-11(8)14/h4-5,11H,1-3,14H2/t11-/m0/s1. The van der Waals surface area contributed by atoms with Crippen LogP contribution < -0.4 is 5.73 Å². The first-order valence-corrected chi connectivity index (χ1v) is 5.79. The number of fused-ring (bicyclic) bond motifs is 1. The summed E-state index contributed by atoms with van der Waals surface area (Å²) in [6, 6.07) is 6.47. The van der Waals surface area contributed by atoms with Gasteiger partial charge in [-0.25, -0.2) is 0 Å². The lowest BCUT2D eigenvalue weighted by atomic mass is 9.86. The third-order valence-corrected chi connectivity index (χ3v) is 3.65. The van der Waals surface area contributed by atoms with E-state index in [0.717, 1.165) is 28.4 Å². The van der Waals surface area contributed by atoms with Crippen LogP contribution in [0, 0.1) is 14.9 Å². The number of hydrogen-bond donors (Lipinski definition) is 1. The zero-order valence-electron chi connectivity index (χ0n) is 7.76. The van der Waals surface area contributed by atoms with Crippen LogP contribution in [-0.2, 0) is 6.42 Å². The average Bonchev–Trinajstić information content (AvgIpc) is 2.18. The molecule has 2 nitrogen and oxygen atoms in total. The molecule has 0 heterocycles. The van der Waals surface area contributed by atoms with E-state index >= 15 is 0 Å². The summed E-state index contributed by atoms with van der Waals surface area (Å²) < 4.78 is 1.04. The minimum atomic E-state index is 0.128. The molecular weight excluding hydrogens is 287 g/mol. The molecule has 0 aliphatic heterocycles. The number of benzene rings is 1. The van der Waals surface area contributed by atoms with Gasteiger partial charge in [-0.1, -0.05) is 6.07 Å². The first-order chi connectivity index (χ1) is 6.74. The molecule has 0 amide bonds. The van der Waals surface area contributed by atoms with Crippen molar-refractivity contribution < 1.29 is 0 Å². The quantitative estimate of drug-likeness (QED) is 0.748. The molecule has 72 valence electrons. The maximum absolute atomic E-state index is 9.07. The van der Waals surface area contributed by atoms with Gasteiger partial charge in [0.05, 0.1) is 5.56 Å². The van der Waals surface area contributed by atoms with Crippen LogP contribution >= 0.6 is 22.6 Å². The van der Waals surface area contributed by atoms with Gasteiger partial charge in [0.2, 0.25) is 0 Å². The number of hydrogen-bond acceptors (Lipinski definition) is 2. The lowest BCUT2D eigenvalue weighted by molar-refractivity contribution is 0.569. The highest BCUT2D eigenvalue weighted by Crippen LogP contribution is 2.31. The number of nitrogens with two attached hydrogens (primary N) is 1. The lowest BCUT2D eigenvalue weighted by Gasteiger charge is -2.23. The highest BCUT2D eigenvalue weighted by molar-refractivity contribution is 14.1. The Labute approximate surface area is 97.2 Å². The first kappa shape index (κ1) is 9.94. The van der Waals surface area contributed by atoms with E-state index < -0.39 is 0 Å². The molecule has 0 aromatic heterocycles. The van der Waals surface area contributed by atoms with Crippen LogP contribution in [0.2, 0.25) is 0 Å². The van der Waals surface area contributed by atoms with Gasteiger partial charge in [-0.2, -0.15) is 5.26 Å². The summed E-state index contributed by atoms with van der Waals surface area (Å²) >= 11 is 2.21. The predicted octanol–water partition coefficient (Wildman–Crippen LogP) is 2.50. The Hall–Kier alpha value is -0.600. The van der Waals surface area contributed by atoms with E-state index in [1.54, 1.807) is 0 Å². The van der Waals surface area contributed by atoms with E-state index in [0.29, 0.717) is 0 Å². The Balaban J connectivity index is 2.63. The second-order valence-corrected chi connectivity index (χ2v) is 4.76. The summed E-state index contributed by atoms with van der Waals surface area (Å²) in [5, 5.41) is 9.07.